The molecule has 0 saturated carbocycles. The van der Waals surface area contributed by atoms with E-state index in [2.05, 4.69) is 245 Å². The van der Waals surface area contributed by atoms with Gasteiger partial charge in [0.2, 0.25) is 0 Å². The van der Waals surface area contributed by atoms with Crippen LogP contribution in [-0.2, 0) is 0 Å². The van der Waals surface area contributed by atoms with Crippen LogP contribution in [0.2, 0.25) is 0 Å². The Kier molecular flexibility index (Phi) is 9.14. The number of rotatable bonds is 9. The molecule has 4 nitrogen and oxygen atoms in total. The number of para-hydroxylation sites is 4. The lowest BCUT2D eigenvalue weighted by molar-refractivity contribution is 1.12. The molecule has 3 aromatic heterocycles. The molecular formula is C57H40N4. The highest BCUT2D eigenvalue weighted by atomic mass is 15.2. The zero-order chi connectivity index (χ0) is 40.5. The number of nitrogens with zero attached hydrogens (tertiary/aromatic N) is 4. The quantitative estimate of drug-likeness (QED) is 0.146. The van der Waals surface area contributed by atoms with E-state index in [1.807, 2.05) is 12.1 Å². The Morgan fingerprint density at radius 3 is 1.36 bits per heavy atom. The number of aromatic nitrogens is 3. The highest BCUT2D eigenvalue weighted by Gasteiger charge is 2.26. The molecule has 288 valence electrons. The highest BCUT2D eigenvalue weighted by molar-refractivity contribution is 6.14. The average molecular weight is 781 g/mol. The standard InChI is InChI=1S/C57H40N4/c1-6-18-44(19-7-1)52-38-46(39-53(58-52)45-20-8-2-9-21-45)43-32-30-41(31-33-43)42-34-36-50(37-35-42)60(48-24-12-4-13-25-48)55-40-59(47-22-10-3-11-23-47)56-51-28-16-17-29-54(51)61(57(55)56)49-26-14-5-15-27-49/h1-40H. The molecule has 0 amide bonds. The average Bonchev–Trinajstić information content (AvgIpc) is 3.89. The van der Waals surface area contributed by atoms with Gasteiger partial charge in [-0.3, -0.25) is 0 Å². The fraction of sp³-hybridized carbons (Fsp3) is 0. The lowest BCUT2D eigenvalue weighted by Crippen LogP contribution is -2.10. The molecule has 8 aromatic carbocycles. The maximum absolute atomic E-state index is 5.09. The fourth-order valence-electron chi connectivity index (χ4n) is 8.62. The van der Waals surface area contributed by atoms with Crippen LogP contribution in [0.1, 0.15) is 0 Å². The van der Waals surface area contributed by atoms with Gasteiger partial charge in [-0.2, -0.15) is 0 Å². The summed E-state index contributed by atoms with van der Waals surface area (Å²) in [4.78, 5) is 7.48. The van der Waals surface area contributed by atoms with Crippen LogP contribution in [0.25, 0.3) is 78.1 Å². The van der Waals surface area contributed by atoms with Crippen molar-refractivity contribution in [2.24, 2.45) is 0 Å². The van der Waals surface area contributed by atoms with Crippen LogP contribution in [0.15, 0.2) is 243 Å². The Balaban J connectivity index is 1.02. The normalized spacial score (nSPS) is 11.3. The van der Waals surface area contributed by atoms with Gasteiger partial charge in [0.05, 0.1) is 33.6 Å². The van der Waals surface area contributed by atoms with E-state index in [9.17, 15) is 0 Å². The minimum atomic E-state index is 0.958. The second-order valence-electron chi connectivity index (χ2n) is 15.3. The summed E-state index contributed by atoms with van der Waals surface area (Å²) in [5.74, 6) is 0. The minimum Gasteiger partial charge on any atom is -0.312 e. The van der Waals surface area contributed by atoms with Gasteiger partial charge in [0.25, 0.3) is 0 Å². The molecule has 0 N–H and O–H groups in total. The predicted octanol–water partition coefficient (Wildman–Crippen LogP) is 15.1. The topological polar surface area (TPSA) is 26.0 Å². The third kappa shape index (κ3) is 6.67. The monoisotopic (exact) mass is 780 g/mol. The molecule has 0 aliphatic heterocycles. The van der Waals surface area contributed by atoms with Crippen molar-refractivity contribution >= 4 is 39.0 Å². The lowest BCUT2D eigenvalue weighted by Gasteiger charge is -2.25. The van der Waals surface area contributed by atoms with Gasteiger partial charge in [-0.25, -0.2) is 4.98 Å². The molecule has 0 aliphatic carbocycles. The largest absolute Gasteiger partial charge is 0.312 e. The van der Waals surface area contributed by atoms with E-state index in [4.69, 9.17) is 4.98 Å². The molecule has 4 heteroatoms. The number of hydrogen-bond acceptors (Lipinski definition) is 2. The van der Waals surface area contributed by atoms with Crippen LogP contribution in [0.4, 0.5) is 17.1 Å². The van der Waals surface area contributed by atoms with Gasteiger partial charge in [0.15, 0.2) is 0 Å². The van der Waals surface area contributed by atoms with Crippen molar-refractivity contribution < 1.29 is 0 Å². The minimum absolute atomic E-state index is 0.958. The molecular weight excluding hydrogens is 741 g/mol. The molecule has 11 aromatic rings. The molecule has 11 rings (SSSR count). The van der Waals surface area contributed by atoms with Gasteiger partial charge in [-0.1, -0.05) is 170 Å². The van der Waals surface area contributed by atoms with Gasteiger partial charge >= 0.3 is 0 Å². The van der Waals surface area contributed by atoms with Crippen molar-refractivity contribution in [2.75, 3.05) is 4.90 Å². The summed E-state index contributed by atoms with van der Waals surface area (Å²) < 4.78 is 4.77. The smallest absolute Gasteiger partial charge is 0.0969 e. The number of pyridine rings is 1. The fourth-order valence-corrected chi connectivity index (χ4v) is 8.62. The molecule has 0 spiro atoms. The third-order valence-electron chi connectivity index (χ3n) is 11.5. The van der Waals surface area contributed by atoms with Gasteiger partial charge in [-0.05, 0) is 89.0 Å². The summed E-state index contributed by atoms with van der Waals surface area (Å²) in [7, 11) is 0. The van der Waals surface area contributed by atoms with Crippen molar-refractivity contribution in [3.63, 3.8) is 0 Å². The van der Waals surface area contributed by atoms with Crippen molar-refractivity contribution in [1.29, 1.82) is 0 Å². The lowest BCUT2D eigenvalue weighted by atomic mass is 9.97. The molecule has 61 heavy (non-hydrogen) atoms. The zero-order valence-electron chi connectivity index (χ0n) is 33.4. The van der Waals surface area contributed by atoms with E-state index in [0.29, 0.717) is 0 Å². The van der Waals surface area contributed by atoms with Crippen LogP contribution >= 0.6 is 0 Å². The van der Waals surface area contributed by atoms with Gasteiger partial charge in [0, 0.05) is 45.5 Å². The summed E-state index contributed by atoms with van der Waals surface area (Å²) in [6, 6.07) is 83.9. The first-order valence-electron chi connectivity index (χ1n) is 20.7. The second kappa shape index (κ2) is 15.5. The Morgan fingerprint density at radius 1 is 0.344 bits per heavy atom. The molecule has 0 fully saturated rings. The third-order valence-corrected chi connectivity index (χ3v) is 11.5. The van der Waals surface area contributed by atoms with E-state index >= 15 is 0 Å². The molecule has 0 radical (unpaired) electrons. The number of hydrogen-bond donors (Lipinski definition) is 0. The van der Waals surface area contributed by atoms with Gasteiger partial charge < -0.3 is 14.0 Å². The number of anilines is 3. The summed E-state index contributed by atoms with van der Waals surface area (Å²) in [6.45, 7) is 0. The van der Waals surface area contributed by atoms with E-state index in [1.165, 1.54) is 10.9 Å². The van der Waals surface area contributed by atoms with E-state index in [0.717, 1.165) is 84.2 Å². The first-order valence-corrected chi connectivity index (χ1v) is 20.7. The molecule has 0 atom stereocenters. The molecule has 3 heterocycles. The van der Waals surface area contributed by atoms with E-state index < -0.39 is 0 Å². The summed E-state index contributed by atoms with van der Waals surface area (Å²) >= 11 is 0. The number of benzene rings is 8. The van der Waals surface area contributed by atoms with Crippen molar-refractivity contribution in [3.05, 3.63) is 243 Å². The van der Waals surface area contributed by atoms with Crippen molar-refractivity contribution in [3.8, 4) is 56.1 Å². The molecule has 0 aliphatic rings. The van der Waals surface area contributed by atoms with Crippen LogP contribution in [0.5, 0.6) is 0 Å². The van der Waals surface area contributed by atoms with Gasteiger partial charge in [0.1, 0.15) is 0 Å². The Morgan fingerprint density at radius 2 is 0.787 bits per heavy atom. The van der Waals surface area contributed by atoms with Crippen LogP contribution < -0.4 is 4.90 Å². The highest BCUT2D eigenvalue weighted by Crippen LogP contribution is 2.46. The maximum atomic E-state index is 5.09. The van der Waals surface area contributed by atoms with Crippen molar-refractivity contribution in [2.45, 2.75) is 0 Å². The van der Waals surface area contributed by atoms with Gasteiger partial charge in [-0.15, -0.1) is 0 Å². The predicted molar refractivity (Wildman–Crippen MR) is 254 cm³/mol. The van der Waals surface area contributed by atoms with E-state index in [-0.39, 0.29) is 0 Å². The Bertz CT molecular complexity index is 3190. The van der Waals surface area contributed by atoms with Crippen LogP contribution in [-0.4, -0.2) is 14.1 Å². The van der Waals surface area contributed by atoms with Crippen LogP contribution in [0.3, 0.4) is 0 Å². The summed E-state index contributed by atoms with van der Waals surface area (Å²) in [6.07, 6.45) is 2.30. The molecule has 0 bridgehead atoms. The SMILES string of the molecule is c1ccc(-c2cc(-c3ccc(-c4ccc(N(c5ccccc5)c5cn(-c6ccccc6)c6c7ccccc7n(-c7ccccc7)c56)cc4)cc3)cc(-c3ccccc3)n2)cc1. The first-order chi connectivity index (χ1) is 30.3. The Hall–Kier alpha value is -8.21. The summed E-state index contributed by atoms with van der Waals surface area (Å²) in [5.41, 5.74) is 17.6. The number of fused-ring (bicyclic) bond motifs is 3. The Labute approximate surface area is 355 Å². The molecule has 0 unspecified atom stereocenters. The molecule has 0 saturated heterocycles. The first kappa shape index (κ1) is 35.9. The second-order valence-corrected chi connectivity index (χ2v) is 15.3. The van der Waals surface area contributed by atoms with Crippen molar-refractivity contribution in [1.82, 2.24) is 14.1 Å². The summed E-state index contributed by atoms with van der Waals surface area (Å²) in [5, 5.41) is 1.20. The van der Waals surface area contributed by atoms with Crippen LogP contribution in [0, 0.1) is 0 Å². The van der Waals surface area contributed by atoms with E-state index in [1.54, 1.807) is 0 Å². The zero-order valence-corrected chi connectivity index (χ0v) is 33.4. The maximum Gasteiger partial charge on any atom is 0.0969 e.